The second-order valence-electron chi connectivity index (χ2n) is 8.61. The van der Waals surface area contributed by atoms with E-state index < -0.39 is 5.60 Å². The second kappa shape index (κ2) is 9.39. The van der Waals surface area contributed by atoms with Crippen LogP contribution < -0.4 is 4.90 Å². The Morgan fingerprint density at radius 1 is 1.17 bits per heavy atom. The van der Waals surface area contributed by atoms with Crippen LogP contribution in [0, 0.1) is 5.82 Å². The van der Waals surface area contributed by atoms with Crippen LogP contribution in [0.3, 0.4) is 0 Å². The number of ether oxygens (including phenoxy) is 1. The Morgan fingerprint density at radius 2 is 1.97 bits per heavy atom. The highest BCUT2D eigenvalue weighted by Crippen LogP contribution is 2.26. The first-order valence-corrected chi connectivity index (χ1v) is 10.6. The topological polar surface area (TPSA) is 52.1 Å². The third kappa shape index (κ3) is 5.55. The van der Waals surface area contributed by atoms with E-state index in [4.69, 9.17) is 4.74 Å². The zero-order valence-electron chi connectivity index (χ0n) is 17.6. The molecule has 1 aromatic heterocycles. The van der Waals surface area contributed by atoms with Crippen molar-refractivity contribution in [1.82, 2.24) is 14.8 Å². The maximum Gasteiger partial charge on any atom is 0.141 e. The number of benzene rings is 1. The van der Waals surface area contributed by atoms with Gasteiger partial charge in [-0.15, -0.1) is 0 Å². The van der Waals surface area contributed by atoms with Gasteiger partial charge >= 0.3 is 0 Å². The molecule has 1 atom stereocenters. The summed E-state index contributed by atoms with van der Waals surface area (Å²) in [6, 6.07) is 11.8. The minimum atomic E-state index is -0.795. The van der Waals surface area contributed by atoms with Crippen molar-refractivity contribution in [3.05, 3.63) is 59.5 Å². The minimum Gasteiger partial charge on any atom is -0.387 e. The standard InChI is InChI=1S/C23H31FN4O2/c1-26(15-19-3-2-4-20(13-19)16-27-9-11-30-12-10-27)17-23(29)7-8-28(18-23)22-6-5-21(24)14-25-22/h2-6,13-14,29H,7-12,15-18H2,1H3/t23-/m1/s1. The molecule has 2 aliphatic heterocycles. The molecule has 0 bridgehead atoms. The van der Waals surface area contributed by atoms with Gasteiger partial charge in [-0.1, -0.05) is 24.3 Å². The van der Waals surface area contributed by atoms with E-state index in [1.165, 1.54) is 23.4 Å². The molecule has 4 rings (SSSR count). The highest BCUT2D eigenvalue weighted by molar-refractivity contribution is 5.40. The van der Waals surface area contributed by atoms with E-state index >= 15 is 0 Å². The number of aliphatic hydroxyl groups is 1. The monoisotopic (exact) mass is 414 g/mol. The average molecular weight is 415 g/mol. The van der Waals surface area contributed by atoms with E-state index in [9.17, 15) is 9.50 Å². The molecule has 2 fully saturated rings. The molecule has 30 heavy (non-hydrogen) atoms. The molecular formula is C23H31FN4O2. The van der Waals surface area contributed by atoms with E-state index in [0.717, 1.165) is 45.9 Å². The molecule has 0 radical (unpaired) electrons. The molecule has 2 aliphatic rings. The lowest BCUT2D eigenvalue weighted by atomic mass is 10.0. The Balaban J connectivity index is 1.31. The van der Waals surface area contributed by atoms with E-state index in [0.29, 0.717) is 25.3 Å². The molecule has 2 aromatic rings. The van der Waals surface area contributed by atoms with Crippen LogP contribution in [0.25, 0.3) is 0 Å². The number of hydrogen-bond acceptors (Lipinski definition) is 6. The van der Waals surface area contributed by atoms with Gasteiger partial charge in [-0.2, -0.15) is 0 Å². The van der Waals surface area contributed by atoms with Gasteiger partial charge < -0.3 is 14.7 Å². The fraction of sp³-hybridized carbons (Fsp3) is 0.522. The minimum absolute atomic E-state index is 0.344. The van der Waals surface area contributed by atoms with Gasteiger partial charge in [0.25, 0.3) is 0 Å². The fourth-order valence-electron chi connectivity index (χ4n) is 4.45. The number of hydrogen-bond donors (Lipinski definition) is 1. The summed E-state index contributed by atoms with van der Waals surface area (Å²) < 4.78 is 18.6. The van der Waals surface area contributed by atoms with Gasteiger partial charge in [0, 0.05) is 45.8 Å². The molecule has 0 spiro atoms. The lowest BCUT2D eigenvalue weighted by molar-refractivity contribution is 0.0279. The summed E-state index contributed by atoms with van der Waals surface area (Å²) in [5.74, 6) is 0.370. The summed E-state index contributed by atoms with van der Waals surface area (Å²) in [6.45, 7) is 7.13. The van der Waals surface area contributed by atoms with E-state index in [1.54, 1.807) is 6.07 Å². The van der Waals surface area contributed by atoms with Crippen LogP contribution in [0.1, 0.15) is 17.5 Å². The van der Waals surface area contributed by atoms with Gasteiger partial charge in [-0.3, -0.25) is 9.80 Å². The zero-order chi connectivity index (χ0) is 21.0. The molecule has 3 heterocycles. The quantitative estimate of drug-likeness (QED) is 0.749. The molecule has 1 aromatic carbocycles. The zero-order valence-corrected chi connectivity index (χ0v) is 17.6. The molecule has 0 saturated carbocycles. The summed E-state index contributed by atoms with van der Waals surface area (Å²) in [6.07, 6.45) is 1.90. The molecule has 2 saturated heterocycles. The lowest BCUT2D eigenvalue weighted by Crippen LogP contribution is -2.43. The predicted molar refractivity (Wildman–Crippen MR) is 115 cm³/mol. The van der Waals surface area contributed by atoms with Gasteiger partial charge in [-0.25, -0.2) is 9.37 Å². The van der Waals surface area contributed by atoms with Gasteiger partial charge in [0.1, 0.15) is 11.6 Å². The Bertz CT molecular complexity index is 828. The van der Waals surface area contributed by atoms with Crippen molar-refractivity contribution < 1.29 is 14.2 Å². The Hall–Kier alpha value is -2.06. The first-order valence-electron chi connectivity index (χ1n) is 10.6. The van der Waals surface area contributed by atoms with Gasteiger partial charge in [0.05, 0.1) is 25.0 Å². The van der Waals surface area contributed by atoms with Crippen LogP contribution in [0.15, 0.2) is 42.6 Å². The van der Waals surface area contributed by atoms with Crippen molar-refractivity contribution in [2.75, 3.05) is 57.9 Å². The third-order valence-electron chi connectivity index (χ3n) is 5.89. The molecule has 7 heteroatoms. The Labute approximate surface area is 177 Å². The molecule has 0 aliphatic carbocycles. The third-order valence-corrected chi connectivity index (χ3v) is 5.89. The number of halogens is 1. The van der Waals surface area contributed by atoms with Crippen LogP contribution in [0.5, 0.6) is 0 Å². The summed E-state index contributed by atoms with van der Waals surface area (Å²) in [4.78, 5) is 10.8. The highest BCUT2D eigenvalue weighted by Gasteiger charge is 2.37. The largest absolute Gasteiger partial charge is 0.387 e. The summed E-state index contributed by atoms with van der Waals surface area (Å²) in [5.41, 5.74) is 1.77. The number of pyridine rings is 1. The number of morpholine rings is 1. The second-order valence-corrected chi connectivity index (χ2v) is 8.61. The van der Waals surface area contributed by atoms with Crippen molar-refractivity contribution in [2.24, 2.45) is 0 Å². The average Bonchev–Trinajstić information content (AvgIpc) is 3.11. The highest BCUT2D eigenvalue weighted by atomic mass is 19.1. The molecule has 6 nitrogen and oxygen atoms in total. The number of rotatable bonds is 7. The van der Waals surface area contributed by atoms with Crippen molar-refractivity contribution in [1.29, 1.82) is 0 Å². The number of aromatic nitrogens is 1. The molecular weight excluding hydrogens is 383 g/mol. The Kier molecular flexibility index (Phi) is 6.63. The molecule has 162 valence electrons. The van der Waals surface area contributed by atoms with Crippen molar-refractivity contribution in [3.8, 4) is 0 Å². The fourth-order valence-corrected chi connectivity index (χ4v) is 4.45. The number of β-amino-alcohol motifs (C(OH)–C–C–N with tert-alkyl or cyclic N) is 1. The maximum absolute atomic E-state index is 13.1. The van der Waals surface area contributed by atoms with E-state index in [-0.39, 0.29) is 5.82 Å². The van der Waals surface area contributed by atoms with Crippen LogP contribution in [0.4, 0.5) is 10.2 Å². The summed E-state index contributed by atoms with van der Waals surface area (Å²) >= 11 is 0. The summed E-state index contributed by atoms with van der Waals surface area (Å²) in [7, 11) is 2.05. The normalized spacial score (nSPS) is 22.7. The predicted octanol–water partition coefficient (Wildman–Crippen LogP) is 2.13. The van der Waals surface area contributed by atoms with Gasteiger partial charge in [0.2, 0.25) is 0 Å². The smallest absolute Gasteiger partial charge is 0.141 e. The first kappa shape index (κ1) is 21.2. The molecule has 1 N–H and O–H groups in total. The van der Waals surface area contributed by atoms with Gasteiger partial charge in [-0.05, 0) is 36.7 Å². The molecule has 0 amide bonds. The van der Waals surface area contributed by atoms with Crippen LogP contribution >= 0.6 is 0 Å². The summed E-state index contributed by atoms with van der Waals surface area (Å²) in [5, 5.41) is 11.1. The van der Waals surface area contributed by atoms with E-state index in [1.807, 2.05) is 11.9 Å². The van der Waals surface area contributed by atoms with E-state index in [2.05, 4.69) is 39.0 Å². The van der Waals surface area contributed by atoms with Crippen LogP contribution in [-0.4, -0.2) is 78.5 Å². The SMILES string of the molecule is CN(Cc1cccc(CN2CCOCC2)c1)C[C@]1(O)CCN(c2ccc(F)cn2)C1. The number of likely N-dealkylation sites (N-methyl/N-ethyl adjacent to an activating group) is 1. The van der Waals surface area contributed by atoms with Crippen molar-refractivity contribution >= 4 is 5.82 Å². The molecule has 0 unspecified atom stereocenters. The van der Waals surface area contributed by atoms with Crippen molar-refractivity contribution in [2.45, 2.75) is 25.1 Å². The number of nitrogens with zero attached hydrogens (tertiary/aromatic N) is 4. The van der Waals surface area contributed by atoms with Crippen LogP contribution in [-0.2, 0) is 17.8 Å². The van der Waals surface area contributed by atoms with Crippen LogP contribution in [0.2, 0.25) is 0 Å². The van der Waals surface area contributed by atoms with Crippen molar-refractivity contribution in [3.63, 3.8) is 0 Å². The lowest BCUT2D eigenvalue weighted by Gasteiger charge is -2.29. The Morgan fingerprint density at radius 3 is 2.73 bits per heavy atom. The van der Waals surface area contributed by atoms with Gasteiger partial charge in [0.15, 0.2) is 0 Å². The number of anilines is 1. The maximum atomic E-state index is 13.1. The first-order chi connectivity index (χ1) is 14.5.